The zero-order valence-corrected chi connectivity index (χ0v) is 26.3. The number of benzene rings is 4. The van der Waals surface area contributed by atoms with Crippen LogP contribution in [-0.2, 0) is 29.9 Å². The van der Waals surface area contributed by atoms with E-state index >= 15 is 0 Å². The van der Waals surface area contributed by atoms with Crippen molar-refractivity contribution in [3.8, 4) is 22.6 Å². The molecule has 2 heterocycles. The molecule has 2 saturated heterocycles. The van der Waals surface area contributed by atoms with Crippen LogP contribution in [0.25, 0.3) is 11.1 Å². The second-order valence-electron chi connectivity index (χ2n) is 11.7. The van der Waals surface area contributed by atoms with Gasteiger partial charge in [-0.05, 0) is 59.2 Å². The summed E-state index contributed by atoms with van der Waals surface area (Å²) < 4.78 is 39.2. The number of aliphatic carboxylic acids is 1. The van der Waals surface area contributed by atoms with Crippen LogP contribution in [0.3, 0.4) is 0 Å². The molecule has 49 heavy (non-hydrogen) atoms. The molecule has 4 aromatic carbocycles. The maximum Gasteiger partial charge on any atom is 0.335 e. The zero-order chi connectivity index (χ0) is 35.0. The number of nitrogens with zero attached hydrogens (tertiary/aromatic N) is 1. The van der Waals surface area contributed by atoms with Crippen LogP contribution in [0.15, 0.2) is 97.1 Å². The first-order valence-corrected chi connectivity index (χ1v) is 16.5. The van der Waals surface area contributed by atoms with Crippen molar-refractivity contribution in [3.63, 3.8) is 0 Å². The van der Waals surface area contributed by atoms with E-state index in [1.807, 2.05) is 0 Å². The Bertz CT molecular complexity index is 1860. The summed E-state index contributed by atoms with van der Waals surface area (Å²) in [6.45, 7) is 0. The van der Waals surface area contributed by atoms with Crippen LogP contribution in [0.5, 0.6) is 11.5 Å². The highest BCUT2D eigenvalue weighted by atomic mass is 32.2. The van der Waals surface area contributed by atoms with Gasteiger partial charge < -0.3 is 45.0 Å². The fourth-order valence-electron chi connectivity index (χ4n) is 6.03. The fourth-order valence-corrected chi connectivity index (χ4v) is 7.70. The Kier molecular flexibility index (Phi) is 9.79. The molecule has 0 aliphatic carbocycles. The van der Waals surface area contributed by atoms with Gasteiger partial charge in [0.05, 0.1) is 17.9 Å². The number of phenols is 2. The zero-order valence-electron chi connectivity index (χ0n) is 25.5. The number of carbonyl (C=O) groups excluding carboxylic acids is 1. The van der Waals surface area contributed by atoms with E-state index in [1.165, 1.54) is 35.2 Å². The molecule has 2 aliphatic heterocycles. The number of halogens is 1. The Morgan fingerprint density at radius 3 is 2.22 bits per heavy atom. The monoisotopic (exact) mass is 693 g/mol. The van der Waals surface area contributed by atoms with Crippen molar-refractivity contribution in [2.24, 2.45) is 0 Å². The molecule has 3 unspecified atom stereocenters. The van der Waals surface area contributed by atoms with Gasteiger partial charge in [0.1, 0.15) is 40.9 Å². The van der Waals surface area contributed by atoms with E-state index in [0.717, 1.165) is 12.1 Å². The van der Waals surface area contributed by atoms with Gasteiger partial charge in [-0.2, -0.15) is 0 Å². The lowest BCUT2D eigenvalue weighted by atomic mass is 9.90. The number of aliphatic hydroxyl groups is 3. The summed E-state index contributed by atoms with van der Waals surface area (Å²) >= 11 is 0. The lowest BCUT2D eigenvalue weighted by Crippen LogP contribution is -2.62. The number of β-lactam (4-membered cyclic amide) rings is 1. The summed E-state index contributed by atoms with van der Waals surface area (Å²) in [5.41, 5.74) is 2.21. The van der Waals surface area contributed by atoms with Crippen molar-refractivity contribution in [2.45, 2.75) is 48.1 Å². The third kappa shape index (κ3) is 6.79. The van der Waals surface area contributed by atoms with Crippen LogP contribution in [0, 0.1) is 5.82 Å². The minimum absolute atomic E-state index is 0.0320. The Labute approximate surface area is 281 Å². The molecule has 2 fully saturated rings. The third-order valence-corrected chi connectivity index (χ3v) is 10.2. The van der Waals surface area contributed by atoms with Crippen molar-refractivity contribution in [3.05, 3.63) is 114 Å². The van der Waals surface area contributed by atoms with Crippen LogP contribution in [0.2, 0.25) is 0 Å². The first-order valence-electron chi connectivity index (χ1n) is 15.2. The highest BCUT2D eigenvalue weighted by Gasteiger charge is 2.54. The molecule has 256 valence electrons. The molecular formula is C35H32FNO11S. The smallest absolute Gasteiger partial charge is 0.335 e. The van der Waals surface area contributed by atoms with Gasteiger partial charge in [0.15, 0.2) is 12.4 Å². The molecule has 0 spiro atoms. The van der Waals surface area contributed by atoms with Gasteiger partial charge in [0.2, 0.25) is 5.91 Å². The summed E-state index contributed by atoms with van der Waals surface area (Å²) in [5.74, 6) is -3.36. The summed E-state index contributed by atoms with van der Waals surface area (Å²) in [6.07, 6.45) is -11.0. The number of anilines is 1. The molecule has 4 aromatic rings. The molecule has 1 amide bonds. The number of rotatable bonds is 10. The summed E-state index contributed by atoms with van der Waals surface area (Å²) in [6, 6.07) is 23.7. The number of aliphatic hydroxyl groups excluding tert-OH is 3. The normalized spacial score (nSPS) is 26.5. The minimum Gasteiger partial charge on any atom is -0.508 e. The predicted octanol–water partition coefficient (Wildman–Crippen LogP) is 2.76. The van der Waals surface area contributed by atoms with E-state index in [1.54, 1.807) is 54.6 Å². The van der Waals surface area contributed by atoms with Crippen molar-refractivity contribution in [1.82, 2.24) is 0 Å². The van der Waals surface area contributed by atoms with Crippen molar-refractivity contribution in [1.29, 1.82) is 0 Å². The standard InChI is InChI=1S/C35H32FNO11S/c36-21-12-9-18(10-13-21)26(47-35-30(42)28(40)29(41)31(48-35)34(44)45)17-49(46)32-27(37(33(32)43)22-6-2-1-3-7-22)24-14-11-20(16-25(24)39)19-5-4-8-23(38)15-19/h1-16,26-32,35,38-42H,17H2,(H,44,45)/t26-,27+,28-,29+,30?,31?,32+,35+,49?/m0/s1. The van der Waals surface area contributed by atoms with Crippen molar-refractivity contribution >= 4 is 28.4 Å². The number of aromatic hydroxyl groups is 2. The minimum atomic E-state index is -2.09. The van der Waals surface area contributed by atoms with Gasteiger partial charge in [0.25, 0.3) is 0 Å². The molecule has 0 saturated carbocycles. The number of carbonyl (C=O) groups is 2. The highest BCUT2D eigenvalue weighted by Crippen LogP contribution is 2.46. The van der Waals surface area contributed by atoms with E-state index in [2.05, 4.69) is 0 Å². The van der Waals surface area contributed by atoms with Gasteiger partial charge in [-0.1, -0.05) is 54.6 Å². The largest absolute Gasteiger partial charge is 0.508 e. The number of hydrogen-bond donors (Lipinski definition) is 6. The second-order valence-corrected chi connectivity index (χ2v) is 13.3. The Balaban J connectivity index is 1.33. The number of phenolic OH excluding ortho intramolecular Hbond substituents is 2. The van der Waals surface area contributed by atoms with Crippen LogP contribution >= 0.6 is 0 Å². The molecule has 6 rings (SSSR count). The van der Waals surface area contributed by atoms with Crippen molar-refractivity contribution < 1.29 is 58.3 Å². The van der Waals surface area contributed by atoms with Gasteiger partial charge in [-0.15, -0.1) is 0 Å². The van der Waals surface area contributed by atoms with Gasteiger partial charge >= 0.3 is 5.97 Å². The molecule has 6 N–H and O–H groups in total. The van der Waals surface area contributed by atoms with E-state index < -0.39 is 82.3 Å². The number of carboxylic acids is 1. The average molecular weight is 694 g/mol. The number of para-hydroxylation sites is 1. The van der Waals surface area contributed by atoms with E-state index in [4.69, 9.17) is 9.47 Å². The SMILES string of the molecule is O=C(O)C1O[C@@H](O[C@@H](CS(=O)[C@H]2C(=O)N(c3ccccc3)[C@@H]2c2ccc(-c3cccc(O)c3)cc2O)c2ccc(F)cc2)C(O)[C@@H](O)[C@H]1O. The van der Waals surface area contributed by atoms with E-state index in [0.29, 0.717) is 16.8 Å². The highest BCUT2D eigenvalue weighted by molar-refractivity contribution is 7.86. The lowest BCUT2D eigenvalue weighted by molar-refractivity contribution is -0.303. The fraction of sp³-hybridized carbons (Fsp3) is 0.257. The first kappa shape index (κ1) is 34.2. The lowest BCUT2D eigenvalue weighted by Gasteiger charge is -2.47. The Morgan fingerprint density at radius 2 is 1.57 bits per heavy atom. The molecular weight excluding hydrogens is 661 g/mol. The van der Waals surface area contributed by atoms with Gasteiger partial charge in [-0.3, -0.25) is 9.00 Å². The molecule has 2 aliphatic rings. The average Bonchev–Trinajstić information content (AvgIpc) is 3.08. The van der Waals surface area contributed by atoms with Crippen molar-refractivity contribution in [2.75, 3.05) is 10.7 Å². The van der Waals surface area contributed by atoms with Gasteiger partial charge in [0, 0.05) is 22.1 Å². The maximum atomic E-state index is 14.2. The molecule has 14 heteroatoms. The predicted molar refractivity (Wildman–Crippen MR) is 173 cm³/mol. The van der Waals surface area contributed by atoms with Crippen LogP contribution < -0.4 is 4.90 Å². The van der Waals surface area contributed by atoms with Gasteiger partial charge in [-0.25, -0.2) is 9.18 Å². The summed E-state index contributed by atoms with van der Waals surface area (Å²) in [5, 5.41) is 60.5. The molecule has 12 nitrogen and oxygen atoms in total. The molecule has 0 aromatic heterocycles. The van der Waals surface area contributed by atoms with E-state index in [9.17, 15) is 48.8 Å². The number of carboxylic acid groups (broad SMARTS) is 1. The second kappa shape index (κ2) is 14.0. The van der Waals surface area contributed by atoms with Crippen LogP contribution in [-0.4, -0.2) is 88.4 Å². The first-order chi connectivity index (χ1) is 23.4. The van der Waals surface area contributed by atoms with E-state index in [-0.39, 0.29) is 22.6 Å². The Hall–Kier alpha value is -4.70. The molecule has 0 radical (unpaired) electrons. The maximum absolute atomic E-state index is 14.2. The molecule has 0 bridgehead atoms. The third-order valence-electron chi connectivity index (χ3n) is 8.56. The number of hydrogen-bond acceptors (Lipinski definition) is 10. The number of ether oxygens (including phenoxy) is 2. The topological polar surface area (TPSA) is 194 Å². The van der Waals surface area contributed by atoms with Crippen LogP contribution in [0.4, 0.5) is 10.1 Å². The van der Waals surface area contributed by atoms with Crippen LogP contribution in [0.1, 0.15) is 23.3 Å². The Morgan fingerprint density at radius 1 is 0.878 bits per heavy atom. The quantitative estimate of drug-likeness (QED) is 0.134. The molecule has 9 atom stereocenters. The number of amides is 1. The summed E-state index contributed by atoms with van der Waals surface area (Å²) in [4.78, 5) is 26.8. The summed E-state index contributed by atoms with van der Waals surface area (Å²) in [7, 11) is -2.09.